The predicted molar refractivity (Wildman–Crippen MR) is 84.0 cm³/mol. The Balaban J connectivity index is 1.86. The van der Waals surface area contributed by atoms with Crippen LogP contribution in [0.15, 0.2) is 0 Å². The van der Waals surface area contributed by atoms with Gasteiger partial charge in [0.15, 0.2) is 0 Å². The molecule has 2 N–H and O–H groups in total. The summed E-state index contributed by atoms with van der Waals surface area (Å²) in [6.45, 7) is 8.92. The molecule has 0 aromatic rings. The molecule has 1 saturated carbocycles. The number of hydrogen-bond acceptors (Lipinski definition) is 5. The maximum absolute atomic E-state index is 12.2. The maximum atomic E-state index is 12.2. The van der Waals surface area contributed by atoms with Gasteiger partial charge in [-0.25, -0.2) is 0 Å². The van der Waals surface area contributed by atoms with Crippen LogP contribution in [0, 0.1) is 5.92 Å². The van der Waals surface area contributed by atoms with Crippen LogP contribution in [0.3, 0.4) is 0 Å². The number of likely N-dealkylation sites (N-methyl/N-ethyl adjacent to an activating group) is 1. The van der Waals surface area contributed by atoms with Gasteiger partial charge in [-0.3, -0.25) is 4.79 Å². The van der Waals surface area contributed by atoms with E-state index in [0.29, 0.717) is 12.6 Å². The number of esters is 1. The second-order valence-electron chi connectivity index (χ2n) is 6.77. The summed E-state index contributed by atoms with van der Waals surface area (Å²) in [5, 5.41) is 0. The standard InChI is InChI=1S/C16H31N3O2/c1-4-21-15(20)16(17)8-5-6-14(16)7-9-19-11-10-18(3)13(2)12-19/h13-14H,4-12,17H2,1-3H3. The number of piperazine rings is 1. The highest BCUT2D eigenvalue weighted by Crippen LogP contribution is 2.37. The minimum Gasteiger partial charge on any atom is -0.465 e. The first-order valence-corrected chi connectivity index (χ1v) is 8.36. The van der Waals surface area contributed by atoms with Gasteiger partial charge in [0.2, 0.25) is 0 Å². The number of hydrogen-bond donors (Lipinski definition) is 1. The van der Waals surface area contributed by atoms with E-state index in [2.05, 4.69) is 23.8 Å². The van der Waals surface area contributed by atoms with E-state index in [1.54, 1.807) is 0 Å². The van der Waals surface area contributed by atoms with Crippen LogP contribution in [0.1, 0.15) is 39.5 Å². The summed E-state index contributed by atoms with van der Waals surface area (Å²) in [5.41, 5.74) is 5.65. The van der Waals surface area contributed by atoms with E-state index in [4.69, 9.17) is 10.5 Å². The zero-order valence-corrected chi connectivity index (χ0v) is 13.8. The lowest BCUT2D eigenvalue weighted by molar-refractivity contribution is -0.151. The highest BCUT2D eigenvalue weighted by molar-refractivity contribution is 5.81. The predicted octanol–water partition coefficient (Wildman–Crippen LogP) is 1.07. The quantitative estimate of drug-likeness (QED) is 0.769. The van der Waals surface area contributed by atoms with E-state index in [1.807, 2.05) is 6.92 Å². The Labute approximate surface area is 128 Å². The van der Waals surface area contributed by atoms with Crippen LogP contribution in [0.5, 0.6) is 0 Å². The van der Waals surface area contributed by atoms with Crippen LogP contribution in [-0.2, 0) is 9.53 Å². The average molecular weight is 297 g/mol. The first-order valence-electron chi connectivity index (χ1n) is 8.36. The summed E-state index contributed by atoms with van der Waals surface area (Å²) < 4.78 is 5.20. The van der Waals surface area contributed by atoms with Crippen LogP contribution in [0.25, 0.3) is 0 Å². The van der Waals surface area contributed by atoms with Gasteiger partial charge in [-0.05, 0) is 52.6 Å². The molecule has 0 bridgehead atoms. The topological polar surface area (TPSA) is 58.8 Å². The third-order valence-electron chi connectivity index (χ3n) is 5.36. The summed E-state index contributed by atoms with van der Waals surface area (Å²) in [6, 6.07) is 0.606. The summed E-state index contributed by atoms with van der Waals surface area (Å²) in [7, 11) is 2.19. The Kier molecular flexibility index (Phi) is 5.63. The first-order chi connectivity index (χ1) is 9.97. The molecule has 21 heavy (non-hydrogen) atoms. The summed E-state index contributed by atoms with van der Waals surface area (Å²) in [5.74, 6) is 0.0748. The maximum Gasteiger partial charge on any atom is 0.326 e. The fourth-order valence-corrected chi connectivity index (χ4v) is 3.70. The van der Waals surface area contributed by atoms with E-state index < -0.39 is 5.54 Å². The van der Waals surface area contributed by atoms with Crippen molar-refractivity contribution in [3.8, 4) is 0 Å². The van der Waals surface area contributed by atoms with Gasteiger partial charge in [0.25, 0.3) is 0 Å². The van der Waals surface area contributed by atoms with Crippen LogP contribution in [0.4, 0.5) is 0 Å². The molecular weight excluding hydrogens is 266 g/mol. The lowest BCUT2D eigenvalue weighted by Crippen LogP contribution is -2.54. The van der Waals surface area contributed by atoms with Crippen LogP contribution in [-0.4, -0.2) is 67.2 Å². The molecule has 1 aliphatic heterocycles. The van der Waals surface area contributed by atoms with E-state index >= 15 is 0 Å². The smallest absolute Gasteiger partial charge is 0.326 e. The molecule has 2 fully saturated rings. The fraction of sp³-hybridized carbons (Fsp3) is 0.938. The molecule has 2 aliphatic rings. The van der Waals surface area contributed by atoms with Gasteiger partial charge in [0.1, 0.15) is 5.54 Å². The molecular formula is C16H31N3O2. The normalized spacial score (nSPS) is 35.0. The molecule has 0 spiro atoms. The van der Waals surface area contributed by atoms with Crippen molar-refractivity contribution < 1.29 is 9.53 Å². The SMILES string of the molecule is CCOC(=O)C1(N)CCCC1CCN1CCN(C)C(C)C1. The molecule has 122 valence electrons. The summed E-state index contributed by atoms with van der Waals surface area (Å²) in [6.07, 6.45) is 3.87. The molecule has 1 saturated heterocycles. The van der Waals surface area contributed by atoms with E-state index in [1.165, 1.54) is 0 Å². The zero-order valence-electron chi connectivity index (χ0n) is 13.8. The van der Waals surface area contributed by atoms with Crippen LogP contribution in [0.2, 0.25) is 0 Å². The van der Waals surface area contributed by atoms with Gasteiger partial charge in [-0.2, -0.15) is 0 Å². The first kappa shape index (κ1) is 16.7. The van der Waals surface area contributed by atoms with Gasteiger partial charge in [0, 0.05) is 25.7 Å². The molecule has 3 atom stereocenters. The molecule has 0 aromatic carbocycles. The van der Waals surface area contributed by atoms with Crippen molar-refractivity contribution in [2.24, 2.45) is 11.7 Å². The van der Waals surface area contributed by atoms with Gasteiger partial charge in [-0.1, -0.05) is 6.42 Å². The van der Waals surface area contributed by atoms with Gasteiger partial charge in [-0.15, -0.1) is 0 Å². The molecule has 0 aromatic heterocycles. The molecule has 1 heterocycles. The summed E-state index contributed by atoms with van der Waals surface area (Å²) >= 11 is 0. The number of carbonyl (C=O) groups is 1. The third-order valence-corrected chi connectivity index (χ3v) is 5.36. The van der Waals surface area contributed by atoms with Crippen molar-refractivity contribution in [2.75, 3.05) is 39.8 Å². The van der Waals surface area contributed by atoms with Crippen LogP contribution >= 0.6 is 0 Å². The Morgan fingerprint density at radius 2 is 2.19 bits per heavy atom. The van der Waals surface area contributed by atoms with Crippen molar-refractivity contribution in [1.82, 2.24) is 9.80 Å². The van der Waals surface area contributed by atoms with Crippen LogP contribution < -0.4 is 5.73 Å². The highest BCUT2D eigenvalue weighted by Gasteiger charge is 2.46. The fourth-order valence-electron chi connectivity index (χ4n) is 3.70. The Bertz CT molecular complexity index is 363. The monoisotopic (exact) mass is 297 g/mol. The van der Waals surface area contributed by atoms with Gasteiger partial charge >= 0.3 is 5.97 Å². The van der Waals surface area contributed by atoms with Gasteiger partial charge in [0.05, 0.1) is 6.61 Å². The number of carbonyl (C=O) groups excluding carboxylic acids is 1. The second kappa shape index (κ2) is 7.07. The van der Waals surface area contributed by atoms with E-state index in [-0.39, 0.29) is 11.9 Å². The lowest BCUT2D eigenvalue weighted by atomic mass is 9.85. The molecule has 2 rings (SSSR count). The molecule has 3 unspecified atom stereocenters. The number of rotatable bonds is 5. The minimum atomic E-state index is -0.742. The van der Waals surface area contributed by atoms with E-state index in [0.717, 1.165) is 51.9 Å². The Morgan fingerprint density at radius 3 is 2.86 bits per heavy atom. The second-order valence-corrected chi connectivity index (χ2v) is 6.77. The van der Waals surface area contributed by atoms with Gasteiger partial charge < -0.3 is 20.3 Å². The Morgan fingerprint density at radius 1 is 1.43 bits per heavy atom. The molecule has 5 heteroatoms. The van der Waals surface area contributed by atoms with Crippen molar-refractivity contribution in [3.05, 3.63) is 0 Å². The van der Waals surface area contributed by atoms with Crippen molar-refractivity contribution in [1.29, 1.82) is 0 Å². The van der Waals surface area contributed by atoms with E-state index in [9.17, 15) is 4.79 Å². The Hall–Kier alpha value is -0.650. The van der Waals surface area contributed by atoms with Crippen molar-refractivity contribution in [2.45, 2.75) is 51.1 Å². The minimum absolute atomic E-state index is 0.195. The summed E-state index contributed by atoms with van der Waals surface area (Å²) in [4.78, 5) is 17.1. The molecule has 0 radical (unpaired) electrons. The van der Waals surface area contributed by atoms with Crippen molar-refractivity contribution >= 4 is 5.97 Å². The lowest BCUT2D eigenvalue weighted by Gasteiger charge is -2.38. The highest BCUT2D eigenvalue weighted by atomic mass is 16.5. The zero-order chi connectivity index (χ0) is 15.5. The third kappa shape index (κ3) is 3.76. The number of ether oxygens (including phenoxy) is 1. The molecule has 0 amide bonds. The molecule has 5 nitrogen and oxygen atoms in total. The largest absolute Gasteiger partial charge is 0.465 e. The number of nitrogens with two attached hydrogens (primary N) is 1. The average Bonchev–Trinajstić information content (AvgIpc) is 2.83. The molecule has 1 aliphatic carbocycles. The van der Waals surface area contributed by atoms with Crippen molar-refractivity contribution in [3.63, 3.8) is 0 Å². The number of nitrogens with zero attached hydrogens (tertiary/aromatic N) is 2.